The predicted molar refractivity (Wildman–Crippen MR) is 77.9 cm³/mol. The van der Waals surface area contributed by atoms with Gasteiger partial charge >= 0.3 is 12.0 Å². The second-order valence-corrected chi connectivity index (χ2v) is 4.67. The zero-order chi connectivity index (χ0) is 15.4. The number of rotatable bonds is 5. The van der Waals surface area contributed by atoms with Crippen molar-refractivity contribution < 1.29 is 14.7 Å². The molecule has 1 unspecified atom stereocenters. The Morgan fingerprint density at radius 1 is 1.38 bits per heavy atom. The van der Waals surface area contributed by atoms with Gasteiger partial charge < -0.3 is 15.7 Å². The van der Waals surface area contributed by atoms with Crippen LogP contribution in [0.2, 0.25) is 0 Å². The molecule has 2 aromatic rings. The van der Waals surface area contributed by atoms with E-state index in [1.54, 1.807) is 0 Å². The molecule has 0 saturated heterocycles. The first-order valence-electron chi connectivity index (χ1n) is 6.74. The minimum absolute atomic E-state index is 0.242. The molecule has 7 heteroatoms. The van der Waals surface area contributed by atoms with Crippen molar-refractivity contribution in [2.75, 3.05) is 0 Å². The molecule has 1 aromatic heterocycles. The highest BCUT2D eigenvalue weighted by atomic mass is 16.4. The van der Waals surface area contributed by atoms with Gasteiger partial charge in [0.15, 0.2) is 0 Å². The molecular weight excluding hydrogens is 272 g/mol. The molecular formula is C14H18N4O3. The highest BCUT2D eigenvalue weighted by Crippen LogP contribution is 2.18. The fraction of sp³-hybridized carbons (Fsp3) is 0.357. The number of fused-ring (bicyclic) bond motifs is 1. The number of carbonyl (C=O) groups excluding carboxylic acids is 1. The molecule has 0 aliphatic rings. The van der Waals surface area contributed by atoms with Crippen molar-refractivity contribution in [3.8, 4) is 0 Å². The van der Waals surface area contributed by atoms with Crippen molar-refractivity contribution in [3.05, 3.63) is 30.0 Å². The monoisotopic (exact) mass is 290 g/mol. The quantitative estimate of drug-likeness (QED) is 0.774. The van der Waals surface area contributed by atoms with Gasteiger partial charge in [-0.25, -0.2) is 4.79 Å². The normalized spacial score (nSPS) is 12.1. The maximum absolute atomic E-state index is 11.6. The lowest BCUT2D eigenvalue weighted by Gasteiger charge is -2.09. The number of benzene rings is 1. The van der Waals surface area contributed by atoms with Crippen molar-refractivity contribution in [1.29, 1.82) is 0 Å². The van der Waals surface area contributed by atoms with Gasteiger partial charge in [-0.3, -0.25) is 9.48 Å². The number of hydrogen-bond acceptors (Lipinski definition) is 3. The Labute approximate surface area is 121 Å². The fourth-order valence-electron chi connectivity index (χ4n) is 2.04. The van der Waals surface area contributed by atoms with E-state index in [4.69, 9.17) is 5.11 Å². The molecule has 1 aromatic carbocycles. The highest BCUT2D eigenvalue weighted by molar-refractivity contribution is 5.84. The fourth-order valence-corrected chi connectivity index (χ4v) is 2.04. The number of aryl methyl sites for hydroxylation is 1. The van der Waals surface area contributed by atoms with Crippen molar-refractivity contribution in [3.63, 3.8) is 0 Å². The van der Waals surface area contributed by atoms with Gasteiger partial charge in [0.05, 0.1) is 17.8 Å². The Morgan fingerprint density at radius 2 is 2.10 bits per heavy atom. The predicted octanol–water partition coefficient (Wildman–Crippen LogP) is 1.33. The van der Waals surface area contributed by atoms with Crippen LogP contribution < -0.4 is 10.6 Å². The topological polar surface area (TPSA) is 96.3 Å². The minimum Gasteiger partial charge on any atom is -0.480 e. The van der Waals surface area contributed by atoms with Gasteiger partial charge in [0.2, 0.25) is 0 Å². The lowest BCUT2D eigenvalue weighted by atomic mass is 10.2. The summed E-state index contributed by atoms with van der Waals surface area (Å²) in [5.41, 5.74) is 1.77. The Bertz CT molecular complexity index is 665. The molecule has 112 valence electrons. The number of aromatic nitrogens is 2. The van der Waals surface area contributed by atoms with E-state index >= 15 is 0 Å². The first kappa shape index (κ1) is 14.8. The van der Waals surface area contributed by atoms with Crippen LogP contribution in [0.5, 0.6) is 0 Å². The number of amides is 2. The summed E-state index contributed by atoms with van der Waals surface area (Å²) in [4.78, 5) is 22.3. The maximum atomic E-state index is 11.6. The molecule has 0 radical (unpaired) electrons. The van der Waals surface area contributed by atoms with E-state index in [9.17, 15) is 9.59 Å². The van der Waals surface area contributed by atoms with Crippen LogP contribution in [-0.4, -0.2) is 32.9 Å². The zero-order valence-corrected chi connectivity index (χ0v) is 12.0. The Morgan fingerprint density at radius 3 is 2.76 bits per heavy atom. The van der Waals surface area contributed by atoms with Crippen LogP contribution in [0.15, 0.2) is 24.3 Å². The van der Waals surface area contributed by atoms with Gasteiger partial charge in [0, 0.05) is 11.9 Å². The summed E-state index contributed by atoms with van der Waals surface area (Å²) in [5, 5.41) is 19.1. The van der Waals surface area contributed by atoms with Crippen LogP contribution >= 0.6 is 0 Å². The molecule has 0 aliphatic carbocycles. The average Bonchev–Trinajstić information content (AvgIpc) is 2.83. The van der Waals surface area contributed by atoms with Crippen molar-refractivity contribution in [2.24, 2.45) is 0 Å². The number of carbonyl (C=O) groups is 2. The Hall–Kier alpha value is -2.57. The maximum Gasteiger partial charge on any atom is 0.325 e. The van der Waals surface area contributed by atoms with E-state index in [1.165, 1.54) is 6.92 Å². The SMILES string of the molecule is CCn1nc(CNC(=O)NC(C)C(=O)O)c2ccccc21. The van der Waals surface area contributed by atoms with Crippen LogP contribution in [0.3, 0.4) is 0 Å². The summed E-state index contributed by atoms with van der Waals surface area (Å²) in [6, 6.07) is 6.31. The number of aliphatic carboxylic acids is 1. The zero-order valence-electron chi connectivity index (χ0n) is 12.0. The van der Waals surface area contributed by atoms with E-state index in [1.807, 2.05) is 35.9 Å². The number of para-hydroxylation sites is 1. The largest absolute Gasteiger partial charge is 0.480 e. The third-order valence-corrected chi connectivity index (χ3v) is 3.17. The minimum atomic E-state index is -1.08. The standard InChI is InChI=1S/C14H18N4O3/c1-3-18-12-7-5-4-6-10(12)11(17-18)8-15-14(21)16-9(2)13(19)20/h4-7,9H,3,8H2,1-2H3,(H,19,20)(H2,15,16,21). The molecule has 3 N–H and O–H groups in total. The number of urea groups is 1. The highest BCUT2D eigenvalue weighted by Gasteiger charge is 2.14. The van der Waals surface area contributed by atoms with Crippen molar-refractivity contribution >= 4 is 22.9 Å². The third-order valence-electron chi connectivity index (χ3n) is 3.17. The van der Waals surface area contributed by atoms with E-state index in [2.05, 4.69) is 15.7 Å². The molecule has 0 fully saturated rings. The van der Waals surface area contributed by atoms with Gasteiger partial charge in [-0.15, -0.1) is 0 Å². The molecule has 0 aliphatic heterocycles. The summed E-state index contributed by atoms with van der Waals surface area (Å²) in [6.07, 6.45) is 0. The molecule has 21 heavy (non-hydrogen) atoms. The second-order valence-electron chi connectivity index (χ2n) is 4.67. The van der Waals surface area contributed by atoms with Crippen LogP contribution in [0.25, 0.3) is 10.9 Å². The van der Waals surface area contributed by atoms with Gasteiger partial charge in [0.1, 0.15) is 6.04 Å². The summed E-state index contributed by atoms with van der Waals surface area (Å²) < 4.78 is 1.87. The lowest BCUT2D eigenvalue weighted by Crippen LogP contribution is -2.44. The summed E-state index contributed by atoms with van der Waals surface area (Å²) in [5.74, 6) is -1.08. The summed E-state index contributed by atoms with van der Waals surface area (Å²) in [6.45, 7) is 4.38. The van der Waals surface area contributed by atoms with Gasteiger partial charge in [-0.05, 0) is 19.9 Å². The smallest absolute Gasteiger partial charge is 0.325 e. The molecule has 1 heterocycles. The number of hydrogen-bond donors (Lipinski definition) is 3. The number of carboxylic acid groups (broad SMARTS) is 1. The number of nitrogens with one attached hydrogen (secondary N) is 2. The average molecular weight is 290 g/mol. The number of nitrogens with zero attached hydrogens (tertiary/aromatic N) is 2. The molecule has 0 saturated carbocycles. The first-order chi connectivity index (χ1) is 10.0. The van der Waals surface area contributed by atoms with Gasteiger partial charge in [-0.2, -0.15) is 5.10 Å². The summed E-state index contributed by atoms with van der Waals surface area (Å²) in [7, 11) is 0. The van der Waals surface area contributed by atoms with E-state index in [0.717, 1.165) is 23.1 Å². The Balaban J connectivity index is 2.07. The van der Waals surface area contributed by atoms with E-state index in [-0.39, 0.29) is 6.54 Å². The molecule has 0 bridgehead atoms. The molecule has 0 spiro atoms. The lowest BCUT2D eigenvalue weighted by molar-refractivity contribution is -0.138. The Kier molecular flexibility index (Phi) is 4.42. The van der Waals surface area contributed by atoms with Crippen LogP contribution in [-0.2, 0) is 17.9 Å². The van der Waals surface area contributed by atoms with Gasteiger partial charge in [0.25, 0.3) is 0 Å². The molecule has 1 atom stereocenters. The molecule has 2 rings (SSSR count). The van der Waals surface area contributed by atoms with Crippen LogP contribution in [0.4, 0.5) is 4.79 Å². The molecule has 7 nitrogen and oxygen atoms in total. The van der Waals surface area contributed by atoms with Crippen molar-refractivity contribution in [1.82, 2.24) is 20.4 Å². The van der Waals surface area contributed by atoms with Gasteiger partial charge in [-0.1, -0.05) is 18.2 Å². The van der Waals surface area contributed by atoms with E-state index in [0.29, 0.717) is 0 Å². The van der Waals surface area contributed by atoms with Crippen molar-refractivity contribution in [2.45, 2.75) is 33.0 Å². The van der Waals surface area contributed by atoms with Crippen LogP contribution in [0.1, 0.15) is 19.5 Å². The molecule has 2 amide bonds. The third kappa shape index (κ3) is 3.31. The van der Waals surface area contributed by atoms with E-state index < -0.39 is 18.0 Å². The van der Waals surface area contributed by atoms with Crippen LogP contribution in [0, 0.1) is 0 Å². The second kappa shape index (κ2) is 6.25. The summed E-state index contributed by atoms with van der Waals surface area (Å²) >= 11 is 0. The number of carboxylic acids is 1. The first-order valence-corrected chi connectivity index (χ1v) is 6.74.